The number of aliphatic hydroxyl groups is 4. The number of carbonyl (C=O) groups is 2. The molecule has 0 bridgehead atoms. The number of ether oxygens (including phenoxy) is 4. The Balaban J connectivity index is 2.41. The van der Waals surface area contributed by atoms with Gasteiger partial charge in [0.2, 0.25) is 0 Å². The van der Waals surface area contributed by atoms with Crippen LogP contribution in [0.2, 0.25) is 0 Å². The number of allylic oxidation sites excluding steroid dienone is 12. The van der Waals surface area contributed by atoms with Gasteiger partial charge in [-0.1, -0.05) is 138 Å². The van der Waals surface area contributed by atoms with Crippen LogP contribution in [-0.4, -0.2) is 89.0 Å². The summed E-state index contributed by atoms with van der Waals surface area (Å²) in [6, 6.07) is 0. The number of aliphatic hydroxyl groups excluding tert-OH is 4. The molecule has 314 valence electrons. The quantitative estimate of drug-likeness (QED) is 0.0221. The maximum Gasteiger partial charge on any atom is 0.306 e. The predicted octanol–water partition coefficient (Wildman–Crippen LogP) is 8.44. The summed E-state index contributed by atoms with van der Waals surface area (Å²) in [7, 11) is 0. The van der Waals surface area contributed by atoms with Crippen LogP contribution in [0.4, 0.5) is 0 Å². The highest BCUT2D eigenvalue weighted by molar-refractivity contribution is 5.70. The van der Waals surface area contributed by atoms with E-state index in [1.54, 1.807) is 0 Å². The van der Waals surface area contributed by atoms with Gasteiger partial charge in [0.25, 0.3) is 0 Å². The van der Waals surface area contributed by atoms with Crippen LogP contribution in [0.25, 0.3) is 0 Å². The summed E-state index contributed by atoms with van der Waals surface area (Å²) in [5, 5.41) is 40.0. The number of esters is 2. The molecule has 0 saturated carbocycles. The number of hydrogen-bond acceptors (Lipinski definition) is 10. The lowest BCUT2D eigenvalue weighted by atomic mass is 9.99. The van der Waals surface area contributed by atoms with Crippen molar-refractivity contribution in [3.63, 3.8) is 0 Å². The van der Waals surface area contributed by atoms with E-state index < -0.39 is 55.4 Å². The van der Waals surface area contributed by atoms with Crippen molar-refractivity contribution in [2.24, 2.45) is 0 Å². The van der Waals surface area contributed by atoms with Crippen molar-refractivity contribution >= 4 is 11.9 Å². The van der Waals surface area contributed by atoms with Crippen molar-refractivity contribution < 1.29 is 49.0 Å². The standard InChI is InChI=1S/C45H74O10/c1-3-5-7-9-11-13-15-17-19-21-23-25-27-29-31-33-40(47)52-36-38(37-53-45-44(51)43(50)42(49)39(35-46)55-45)54-41(48)34-32-30-28-26-24-22-20-18-16-14-12-10-8-6-4-2/h5,7,9,11,13,15,17-20,24,26,38-39,42-46,49-51H,3-4,6,8,10,12,14,16,21-23,25,27-37H2,1-2H3/b7-5+,11-9+,15-13+,19-17+,20-18+,26-24+/t38-,39-,42+,43?,44?,45-/m0/s1. The van der Waals surface area contributed by atoms with E-state index in [-0.39, 0.29) is 26.1 Å². The molecular formula is C45H74O10. The molecule has 0 aliphatic carbocycles. The van der Waals surface area contributed by atoms with Crippen molar-refractivity contribution in [3.8, 4) is 0 Å². The highest BCUT2D eigenvalue weighted by Crippen LogP contribution is 2.22. The molecule has 55 heavy (non-hydrogen) atoms. The topological polar surface area (TPSA) is 152 Å². The zero-order valence-electron chi connectivity index (χ0n) is 33.9. The van der Waals surface area contributed by atoms with Gasteiger partial charge in [0, 0.05) is 12.8 Å². The van der Waals surface area contributed by atoms with Gasteiger partial charge in [-0.05, 0) is 64.2 Å². The molecule has 6 atom stereocenters. The van der Waals surface area contributed by atoms with Gasteiger partial charge >= 0.3 is 11.9 Å². The van der Waals surface area contributed by atoms with Crippen molar-refractivity contribution in [3.05, 3.63) is 72.9 Å². The molecule has 0 spiro atoms. The first-order valence-electron chi connectivity index (χ1n) is 21.1. The molecule has 0 aromatic heterocycles. The van der Waals surface area contributed by atoms with Crippen LogP contribution in [0.1, 0.15) is 142 Å². The maximum absolute atomic E-state index is 12.7. The smallest absolute Gasteiger partial charge is 0.306 e. The molecule has 0 aromatic carbocycles. The minimum Gasteiger partial charge on any atom is -0.462 e. The van der Waals surface area contributed by atoms with Crippen LogP contribution in [0.15, 0.2) is 72.9 Å². The van der Waals surface area contributed by atoms with Gasteiger partial charge in [0.1, 0.15) is 31.0 Å². The van der Waals surface area contributed by atoms with E-state index in [0.29, 0.717) is 12.8 Å². The summed E-state index contributed by atoms with van der Waals surface area (Å²) in [6.07, 6.45) is 36.2. The zero-order chi connectivity index (χ0) is 40.2. The van der Waals surface area contributed by atoms with E-state index in [4.69, 9.17) is 18.9 Å². The van der Waals surface area contributed by atoms with E-state index in [1.165, 1.54) is 38.5 Å². The molecule has 0 aromatic rings. The maximum atomic E-state index is 12.7. The van der Waals surface area contributed by atoms with Crippen molar-refractivity contribution in [1.29, 1.82) is 0 Å². The van der Waals surface area contributed by atoms with Crippen molar-refractivity contribution in [1.82, 2.24) is 0 Å². The van der Waals surface area contributed by atoms with E-state index in [1.807, 2.05) is 30.4 Å². The lowest BCUT2D eigenvalue weighted by Gasteiger charge is -2.39. The van der Waals surface area contributed by atoms with Crippen molar-refractivity contribution in [2.75, 3.05) is 19.8 Å². The number of unbranched alkanes of at least 4 members (excludes halogenated alkanes) is 13. The van der Waals surface area contributed by atoms with Crippen LogP contribution < -0.4 is 0 Å². The van der Waals surface area contributed by atoms with Gasteiger partial charge in [-0.2, -0.15) is 0 Å². The third-order valence-electron chi connectivity index (χ3n) is 9.17. The SMILES string of the molecule is CC/C=C/C=C/C=C/C=C/CCCCCCCC(=O)OC[C@@H](CO[C@H]1O[C@@H](CO)[C@@H](O)C(O)C1O)OC(=O)CCCC/C=C/C/C=C/CCCCCCCC. The van der Waals surface area contributed by atoms with Crippen molar-refractivity contribution in [2.45, 2.75) is 179 Å². The van der Waals surface area contributed by atoms with Crippen LogP contribution in [0.3, 0.4) is 0 Å². The Bertz CT molecular complexity index is 1120. The second kappa shape index (κ2) is 35.5. The zero-order valence-corrected chi connectivity index (χ0v) is 33.9. The Hall–Kier alpha value is -2.86. The molecule has 1 aliphatic heterocycles. The monoisotopic (exact) mass is 775 g/mol. The molecule has 1 heterocycles. The Morgan fingerprint density at radius 1 is 0.600 bits per heavy atom. The molecule has 2 unspecified atom stereocenters. The van der Waals surface area contributed by atoms with Crippen LogP contribution in [0.5, 0.6) is 0 Å². The predicted molar refractivity (Wildman–Crippen MR) is 219 cm³/mol. The summed E-state index contributed by atoms with van der Waals surface area (Å²) in [5.74, 6) is -0.880. The molecule has 4 N–H and O–H groups in total. The average molecular weight is 775 g/mol. The highest BCUT2D eigenvalue weighted by Gasteiger charge is 2.44. The van der Waals surface area contributed by atoms with Gasteiger partial charge in [-0.3, -0.25) is 9.59 Å². The van der Waals surface area contributed by atoms with Gasteiger partial charge in [-0.25, -0.2) is 0 Å². The van der Waals surface area contributed by atoms with E-state index in [2.05, 4.69) is 56.4 Å². The minimum absolute atomic E-state index is 0.178. The highest BCUT2D eigenvalue weighted by atomic mass is 16.7. The van der Waals surface area contributed by atoms with Crippen LogP contribution in [0, 0.1) is 0 Å². The molecule has 10 heteroatoms. The fourth-order valence-electron chi connectivity index (χ4n) is 5.81. The molecule has 1 fully saturated rings. The molecule has 1 aliphatic rings. The fraction of sp³-hybridized carbons (Fsp3) is 0.689. The number of rotatable bonds is 33. The summed E-state index contributed by atoms with van der Waals surface area (Å²) in [5.41, 5.74) is 0. The van der Waals surface area contributed by atoms with E-state index >= 15 is 0 Å². The van der Waals surface area contributed by atoms with Crippen LogP contribution >= 0.6 is 0 Å². The molecule has 1 rings (SSSR count). The number of carbonyl (C=O) groups excluding carboxylic acids is 2. The molecule has 0 radical (unpaired) electrons. The third kappa shape index (κ3) is 27.4. The number of hydrogen-bond donors (Lipinski definition) is 4. The van der Waals surface area contributed by atoms with E-state index in [9.17, 15) is 30.0 Å². The minimum atomic E-state index is -1.61. The Labute approximate surface area is 332 Å². The lowest BCUT2D eigenvalue weighted by Crippen LogP contribution is -2.59. The first kappa shape index (κ1) is 50.2. The summed E-state index contributed by atoms with van der Waals surface area (Å²) < 4.78 is 22.0. The normalized spacial score (nSPS) is 21.3. The first-order valence-corrected chi connectivity index (χ1v) is 21.1. The van der Waals surface area contributed by atoms with E-state index in [0.717, 1.165) is 64.2 Å². The molecule has 1 saturated heterocycles. The molecular weight excluding hydrogens is 700 g/mol. The lowest BCUT2D eigenvalue weighted by molar-refractivity contribution is -0.305. The fourth-order valence-corrected chi connectivity index (χ4v) is 5.81. The van der Waals surface area contributed by atoms with Gasteiger partial charge in [0.05, 0.1) is 13.2 Å². The molecule has 0 amide bonds. The largest absolute Gasteiger partial charge is 0.462 e. The summed E-state index contributed by atoms with van der Waals surface area (Å²) in [6.45, 7) is 3.19. The Morgan fingerprint density at radius 2 is 1.15 bits per heavy atom. The second-order valence-corrected chi connectivity index (χ2v) is 14.1. The van der Waals surface area contributed by atoms with Gasteiger partial charge in [-0.15, -0.1) is 0 Å². The Morgan fingerprint density at radius 3 is 1.80 bits per heavy atom. The van der Waals surface area contributed by atoms with Gasteiger partial charge < -0.3 is 39.4 Å². The molecule has 10 nitrogen and oxygen atoms in total. The third-order valence-corrected chi connectivity index (χ3v) is 9.17. The average Bonchev–Trinajstić information content (AvgIpc) is 3.18. The summed E-state index contributed by atoms with van der Waals surface area (Å²) in [4.78, 5) is 25.2. The second-order valence-electron chi connectivity index (χ2n) is 14.1. The first-order chi connectivity index (χ1) is 26.8. The van der Waals surface area contributed by atoms with Crippen LogP contribution in [-0.2, 0) is 28.5 Å². The van der Waals surface area contributed by atoms with Gasteiger partial charge in [0.15, 0.2) is 12.4 Å². The summed E-state index contributed by atoms with van der Waals surface area (Å²) >= 11 is 0. The Kier molecular flexibility index (Phi) is 32.4.